The molecule has 0 bridgehead atoms. The number of benzene rings is 3. The van der Waals surface area contributed by atoms with Crippen molar-refractivity contribution in [3.8, 4) is 22.9 Å². The average molecular weight is 468 g/mol. The van der Waals surface area contributed by atoms with E-state index in [1.807, 2.05) is 61.5 Å². The van der Waals surface area contributed by atoms with Gasteiger partial charge in [0.15, 0.2) is 5.82 Å². The Balaban J connectivity index is 1.95. The molecule has 0 unspecified atom stereocenters. The summed E-state index contributed by atoms with van der Waals surface area (Å²) in [4.78, 5) is 18.5. The molecule has 0 aliphatic carbocycles. The Morgan fingerprint density at radius 3 is 2.57 bits per heavy atom. The molecular formula is C29H29N3O3. The monoisotopic (exact) mass is 467 g/mol. The predicted molar refractivity (Wildman–Crippen MR) is 142 cm³/mol. The highest BCUT2D eigenvalue weighted by atomic mass is 16.5. The number of nitrogens with zero attached hydrogens (tertiary/aromatic N) is 3. The maximum absolute atomic E-state index is 13.6. The van der Waals surface area contributed by atoms with E-state index in [1.165, 1.54) is 4.68 Å². The maximum atomic E-state index is 13.6. The molecule has 0 aliphatic rings. The van der Waals surface area contributed by atoms with Crippen LogP contribution < -0.4 is 15.0 Å². The van der Waals surface area contributed by atoms with E-state index >= 15 is 0 Å². The molecule has 1 heterocycles. The standard InChI is InChI=1S/C29H29N3O3/c1-6-15-35-26-14-10-7-11-21(26)18-30-32-28(31-25-13-9-8-12-22(25)29(32)33)24-17-23(19(2)3)27(34-5)16-20(24)4/h6-14,16-19H,1,15H2,2-5H3. The number of hydrogen-bond acceptors (Lipinski definition) is 5. The van der Waals surface area contributed by atoms with Crippen LogP contribution in [0.15, 0.2) is 83.2 Å². The van der Waals surface area contributed by atoms with E-state index in [4.69, 9.17) is 14.5 Å². The Hall–Kier alpha value is -4.19. The predicted octanol–water partition coefficient (Wildman–Crippen LogP) is 5.95. The number of para-hydroxylation sites is 2. The van der Waals surface area contributed by atoms with E-state index in [0.29, 0.717) is 29.1 Å². The van der Waals surface area contributed by atoms with Gasteiger partial charge in [-0.25, -0.2) is 4.98 Å². The highest BCUT2D eigenvalue weighted by molar-refractivity contribution is 5.84. The molecule has 0 saturated heterocycles. The number of hydrogen-bond donors (Lipinski definition) is 0. The van der Waals surface area contributed by atoms with Gasteiger partial charge in [-0.2, -0.15) is 9.78 Å². The first-order valence-electron chi connectivity index (χ1n) is 11.5. The number of ether oxygens (including phenoxy) is 2. The summed E-state index contributed by atoms with van der Waals surface area (Å²) in [6.45, 7) is 10.3. The van der Waals surface area contributed by atoms with Gasteiger partial charge in [0.2, 0.25) is 0 Å². The molecule has 3 aromatic carbocycles. The van der Waals surface area contributed by atoms with Crippen LogP contribution >= 0.6 is 0 Å². The number of aryl methyl sites for hydroxylation is 1. The Bertz CT molecular complexity index is 1470. The van der Waals surface area contributed by atoms with Crippen LogP contribution in [0.1, 0.15) is 36.5 Å². The molecule has 0 amide bonds. The van der Waals surface area contributed by atoms with Gasteiger partial charge in [-0.3, -0.25) is 4.79 Å². The minimum Gasteiger partial charge on any atom is -0.496 e. The van der Waals surface area contributed by atoms with Crippen molar-refractivity contribution in [2.24, 2.45) is 5.10 Å². The van der Waals surface area contributed by atoms with E-state index in [1.54, 1.807) is 25.5 Å². The van der Waals surface area contributed by atoms with Crippen molar-refractivity contribution in [2.45, 2.75) is 26.7 Å². The molecular weight excluding hydrogens is 438 g/mol. The molecule has 0 N–H and O–H groups in total. The van der Waals surface area contributed by atoms with Crippen molar-refractivity contribution in [1.29, 1.82) is 0 Å². The van der Waals surface area contributed by atoms with E-state index in [2.05, 4.69) is 25.5 Å². The van der Waals surface area contributed by atoms with Crippen molar-refractivity contribution >= 4 is 17.1 Å². The number of aromatic nitrogens is 2. The molecule has 1 aromatic heterocycles. The second-order valence-corrected chi connectivity index (χ2v) is 8.52. The van der Waals surface area contributed by atoms with Gasteiger partial charge in [-0.05, 0) is 60.4 Å². The van der Waals surface area contributed by atoms with Gasteiger partial charge < -0.3 is 9.47 Å². The van der Waals surface area contributed by atoms with E-state index < -0.39 is 0 Å². The van der Waals surface area contributed by atoms with Crippen molar-refractivity contribution < 1.29 is 9.47 Å². The molecule has 6 nitrogen and oxygen atoms in total. The van der Waals surface area contributed by atoms with Crippen molar-refractivity contribution in [2.75, 3.05) is 13.7 Å². The van der Waals surface area contributed by atoms with Crippen LogP contribution in [-0.4, -0.2) is 29.6 Å². The van der Waals surface area contributed by atoms with Gasteiger partial charge in [0.1, 0.15) is 18.1 Å². The fourth-order valence-electron chi connectivity index (χ4n) is 3.96. The first-order chi connectivity index (χ1) is 16.9. The summed E-state index contributed by atoms with van der Waals surface area (Å²) in [6, 6.07) is 18.9. The average Bonchev–Trinajstić information content (AvgIpc) is 2.87. The molecule has 0 spiro atoms. The zero-order valence-corrected chi connectivity index (χ0v) is 20.5. The zero-order chi connectivity index (χ0) is 24.9. The highest BCUT2D eigenvalue weighted by Gasteiger charge is 2.18. The van der Waals surface area contributed by atoms with Crippen molar-refractivity contribution in [1.82, 2.24) is 9.66 Å². The lowest BCUT2D eigenvalue weighted by Gasteiger charge is -2.17. The van der Waals surface area contributed by atoms with Crippen molar-refractivity contribution in [3.63, 3.8) is 0 Å². The van der Waals surface area contributed by atoms with Crippen LogP contribution in [0.4, 0.5) is 0 Å². The first-order valence-corrected chi connectivity index (χ1v) is 11.5. The number of methoxy groups -OCH3 is 1. The number of rotatable bonds is 8. The first kappa shape index (κ1) is 24.0. The minimum absolute atomic E-state index is 0.224. The third kappa shape index (κ3) is 4.87. The molecule has 4 aromatic rings. The van der Waals surface area contributed by atoms with Gasteiger partial charge in [0.25, 0.3) is 5.56 Å². The summed E-state index contributed by atoms with van der Waals surface area (Å²) in [6.07, 6.45) is 3.31. The summed E-state index contributed by atoms with van der Waals surface area (Å²) < 4.78 is 12.7. The van der Waals surface area contributed by atoms with Crippen LogP contribution in [0, 0.1) is 6.92 Å². The summed E-state index contributed by atoms with van der Waals surface area (Å²) in [5.41, 5.74) is 3.92. The lowest BCUT2D eigenvalue weighted by Crippen LogP contribution is -2.21. The molecule has 0 aliphatic heterocycles. The van der Waals surface area contributed by atoms with Gasteiger partial charge in [-0.15, -0.1) is 0 Å². The molecule has 0 fully saturated rings. The number of fused-ring (bicyclic) bond motifs is 1. The molecule has 4 rings (SSSR count). The topological polar surface area (TPSA) is 65.7 Å². The summed E-state index contributed by atoms with van der Waals surface area (Å²) >= 11 is 0. The van der Waals surface area contributed by atoms with Crippen LogP contribution in [-0.2, 0) is 0 Å². The van der Waals surface area contributed by atoms with E-state index in [-0.39, 0.29) is 11.5 Å². The summed E-state index contributed by atoms with van der Waals surface area (Å²) in [5, 5.41) is 5.11. The smallest absolute Gasteiger partial charge is 0.282 e. The largest absolute Gasteiger partial charge is 0.496 e. The molecule has 35 heavy (non-hydrogen) atoms. The fraction of sp³-hybridized carbons (Fsp3) is 0.207. The van der Waals surface area contributed by atoms with E-state index in [0.717, 1.165) is 28.0 Å². The van der Waals surface area contributed by atoms with Gasteiger partial charge in [0, 0.05) is 11.1 Å². The van der Waals surface area contributed by atoms with Crippen LogP contribution in [0.5, 0.6) is 11.5 Å². The zero-order valence-electron chi connectivity index (χ0n) is 20.5. The molecule has 0 radical (unpaired) electrons. The van der Waals surface area contributed by atoms with Gasteiger partial charge in [0.05, 0.1) is 24.2 Å². The Kier molecular flexibility index (Phi) is 7.11. The third-order valence-electron chi connectivity index (χ3n) is 5.78. The third-order valence-corrected chi connectivity index (χ3v) is 5.78. The van der Waals surface area contributed by atoms with Gasteiger partial charge >= 0.3 is 0 Å². The lowest BCUT2D eigenvalue weighted by atomic mass is 9.96. The van der Waals surface area contributed by atoms with Crippen LogP contribution in [0.3, 0.4) is 0 Å². The van der Waals surface area contributed by atoms with Gasteiger partial charge in [-0.1, -0.05) is 50.8 Å². The normalized spacial score (nSPS) is 11.3. The molecule has 178 valence electrons. The highest BCUT2D eigenvalue weighted by Crippen LogP contribution is 2.34. The maximum Gasteiger partial charge on any atom is 0.282 e. The lowest BCUT2D eigenvalue weighted by molar-refractivity contribution is 0.362. The van der Waals surface area contributed by atoms with Crippen LogP contribution in [0.2, 0.25) is 0 Å². The van der Waals surface area contributed by atoms with Crippen LogP contribution in [0.25, 0.3) is 22.3 Å². The quantitative estimate of drug-likeness (QED) is 0.237. The molecule has 6 heteroatoms. The second kappa shape index (κ2) is 10.4. The Labute approximate surface area is 205 Å². The fourth-order valence-corrected chi connectivity index (χ4v) is 3.96. The van der Waals surface area contributed by atoms with E-state index in [9.17, 15) is 4.79 Å². The molecule has 0 saturated carbocycles. The summed E-state index contributed by atoms with van der Waals surface area (Å²) in [7, 11) is 1.67. The second-order valence-electron chi connectivity index (χ2n) is 8.52. The van der Waals surface area contributed by atoms with Crippen molar-refractivity contribution in [3.05, 3.63) is 100 Å². The Morgan fingerprint density at radius 1 is 1.09 bits per heavy atom. The summed E-state index contributed by atoms with van der Waals surface area (Å²) in [5.74, 6) is 2.16. The molecule has 0 atom stereocenters. The Morgan fingerprint density at radius 2 is 1.83 bits per heavy atom. The SMILES string of the molecule is C=CCOc1ccccc1C=Nn1c(-c2cc(C(C)C)c(OC)cc2C)nc2ccccc2c1=O. The minimum atomic E-state index is -0.243.